The van der Waals surface area contributed by atoms with Crippen LogP contribution in [0.3, 0.4) is 0 Å². The molecule has 1 saturated heterocycles. The van der Waals surface area contributed by atoms with Gasteiger partial charge < -0.3 is 14.4 Å². The van der Waals surface area contributed by atoms with E-state index in [-0.39, 0.29) is 5.91 Å². The van der Waals surface area contributed by atoms with Gasteiger partial charge in [0, 0.05) is 30.3 Å². The number of nitrogens with zero attached hydrogens (tertiary/aromatic N) is 4. The molecule has 0 aliphatic carbocycles. The fourth-order valence-corrected chi connectivity index (χ4v) is 3.80. The summed E-state index contributed by atoms with van der Waals surface area (Å²) in [7, 11) is 1.63. The van der Waals surface area contributed by atoms with Crippen molar-refractivity contribution in [2.75, 3.05) is 33.4 Å². The smallest absolute Gasteiger partial charge is 0.272 e. The predicted octanol–water partition coefficient (Wildman–Crippen LogP) is 3.54. The Morgan fingerprint density at radius 2 is 1.71 bits per heavy atom. The molecule has 7 heteroatoms. The molecule has 4 aromatic rings. The Kier molecular flexibility index (Phi) is 5.09. The number of fused-ring (bicyclic) bond motifs is 1. The molecule has 0 bridgehead atoms. The van der Waals surface area contributed by atoms with Gasteiger partial charge in [0.25, 0.3) is 5.91 Å². The molecular formula is C24H22N4O3. The van der Waals surface area contributed by atoms with Crippen LogP contribution in [0.5, 0.6) is 5.75 Å². The van der Waals surface area contributed by atoms with Crippen molar-refractivity contribution in [2.24, 2.45) is 0 Å². The number of hydrogen-bond acceptors (Lipinski definition) is 5. The number of carbonyl (C=O) groups excluding carboxylic acids is 1. The largest absolute Gasteiger partial charge is 0.496 e. The average molecular weight is 414 g/mol. The molecule has 7 nitrogen and oxygen atoms in total. The maximum atomic E-state index is 13.4. The fraction of sp³-hybridized carbons (Fsp3) is 0.208. The highest BCUT2D eigenvalue weighted by atomic mass is 16.5. The number of benzene rings is 2. The highest BCUT2D eigenvalue weighted by Gasteiger charge is 2.24. The summed E-state index contributed by atoms with van der Waals surface area (Å²) >= 11 is 0. The Bertz CT molecular complexity index is 1230. The summed E-state index contributed by atoms with van der Waals surface area (Å²) in [5.74, 6) is 0.612. The van der Waals surface area contributed by atoms with E-state index in [1.54, 1.807) is 22.6 Å². The first-order chi connectivity index (χ1) is 15.2. The molecule has 0 atom stereocenters. The zero-order chi connectivity index (χ0) is 21.2. The SMILES string of the molecule is COc1ccccc1-c1cc(C(=O)N2CCOCC2)n2nc(-c3ccccc3)cc2n1. The van der Waals surface area contributed by atoms with Crippen LogP contribution in [0.2, 0.25) is 0 Å². The van der Waals surface area contributed by atoms with Gasteiger partial charge in [-0.15, -0.1) is 0 Å². The maximum Gasteiger partial charge on any atom is 0.272 e. The number of carbonyl (C=O) groups is 1. The predicted molar refractivity (Wildman–Crippen MR) is 117 cm³/mol. The van der Waals surface area contributed by atoms with Gasteiger partial charge in [-0.05, 0) is 18.2 Å². The minimum Gasteiger partial charge on any atom is -0.496 e. The van der Waals surface area contributed by atoms with Gasteiger partial charge in [-0.1, -0.05) is 42.5 Å². The van der Waals surface area contributed by atoms with E-state index in [1.807, 2.05) is 60.7 Å². The van der Waals surface area contributed by atoms with E-state index in [4.69, 9.17) is 19.6 Å². The molecule has 3 heterocycles. The Hall–Kier alpha value is -3.71. The molecule has 0 N–H and O–H groups in total. The van der Waals surface area contributed by atoms with E-state index < -0.39 is 0 Å². The molecule has 1 aliphatic heterocycles. The van der Waals surface area contributed by atoms with E-state index in [9.17, 15) is 4.79 Å². The summed E-state index contributed by atoms with van der Waals surface area (Å²) < 4.78 is 12.6. The van der Waals surface area contributed by atoms with Crippen molar-refractivity contribution >= 4 is 11.6 Å². The van der Waals surface area contributed by atoms with Crippen molar-refractivity contribution in [3.8, 4) is 28.3 Å². The van der Waals surface area contributed by atoms with Crippen molar-refractivity contribution in [3.63, 3.8) is 0 Å². The van der Waals surface area contributed by atoms with E-state index >= 15 is 0 Å². The molecule has 31 heavy (non-hydrogen) atoms. The van der Waals surface area contributed by atoms with Gasteiger partial charge in [-0.3, -0.25) is 4.79 Å². The zero-order valence-corrected chi connectivity index (χ0v) is 17.2. The van der Waals surface area contributed by atoms with Crippen molar-refractivity contribution in [2.45, 2.75) is 0 Å². The standard InChI is InChI=1S/C24H22N4O3/c1-30-22-10-6-5-9-18(22)20-15-21(24(29)27-11-13-31-14-12-27)28-23(25-20)16-19(26-28)17-7-3-2-4-8-17/h2-10,15-16H,11-14H2,1H3. The lowest BCUT2D eigenvalue weighted by molar-refractivity contribution is 0.0297. The van der Waals surface area contributed by atoms with Crippen LogP contribution < -0.4 is 4.74 Å². The number of para-hydroxylation sites is 1. The molecule has 0 saturated carbocycles. The van der Waals surface area contributed by atoms with Gasteiger partial charge >= 0.3 is 0 Å². The van der Waals surface area contributed by atoms with E-state index in [1.165, 1.54) is 0 Å². The van der Waals surface area contributed by atoms with Gasteiger partial charge in [0.1, 0.15) is 11.4 Å². The lowest BCUT2D eigenvalue weighted by atomic mass is 10.1. The van der Waals surface area contributed by atoms with Crippen molar-refractivity contribution < 1.29 is 14.3 Å². The third-order valence-corrected chi connectivity index (χ3v) is 5.40. The molecule has 2 aromatic carbocycles. The highest BCUT2D eigenvalue weighted by Crippen LogP contribution is 2.30. The number of methoxy groups -OCH3 is 1. The first kappa shape index (κ1) is 19.3. The average Bonchev–Trinajstić information content (AvgIpc) is 3.28. The van der Waals surface area contributed by atoms with Crippen LogP contribution in [0.4, 0.5) is 0 Å². The normalized spacial score (nSPS) is 14.0. The molecule has 156 valence electrons. The summed E-state index contributed by atoms with van der Waals surface area (Å²) in [6.07, 6.45) is 0. The van der Waals surface area contributed by atoms with Crippen molar-refractivity contribution in [1.29, 1.82) is 0 Å². The molecule has 5 rings (SSSR count). The van der Waals surface area contributed by atoms with E-state index in [2.05, 4.69) is 0 Å². The van der Waals surface area contributed by atoms with Crippen LogP contribution in [-0.4, -0.2) is 58.8 Å². The van der Waals surface area contributed by atoms with Crippen LogP contribution in [0.1, 0.15) is 10.5 Å². The summed E-state index contributed by atoms with van der Waals surface area (Å²) in [5, 5.41) is 4.72. The second-order valence-corrected chi connectivity index (χ2v) is 7.30. The molecule has 1 fully saturated rings. The summed E-state index contributed by atoms with van der Waals surface area (Å²) in [4.78, 5) is 20.1. The maximum absolute atomic E-state index is 13.4. The van der Waals surface area contributed by atoms with Crippen LogP contribution in [0, 0.1) is 0 Å². The minimum absolute atomic E-state index is 0.0884. The van der Waals surface area contributed by atoms with Crippen LogP contribution >= 0.6 is 0 Å². The number of aromatic nitrogens is 3. The number of hydrogen-bond donors (Lipinski definition) is 0. The number of morpholine rings is 1. The quantitative estimate of drug-likeness (QED) is 0.511. The Balaban J connectivity index is 1.69. The van der Waals surface area contributed by atoms with Crippen LogP contribution in [-0.2, 0) is 4.74 Å². The van der Waals surface area contributed by atoms with Gasteiger partial charge in [0.05, 0.1) is 31.7 Å². The molecule has 0 spiro atoms. The van der Waals surface area contributed by atoms with E-state index in [0.717, 1.165) is 16.8 Å². The number of rotatable bonds is 4. The monoisotopic (exact) mass is 414 g/mol. The Morgan fingerprint density at radius 3 is 2.48 bits per heavy atom. The van der Waals surface area contributed by atoms with E-state index in [0.29, 0.717) is 49.1 Å². The fourth-order valence-electron chi connectivity index (χ4n) is 3.80. The lowest BCUT2D eigenvalue weighted by Crippen LogP contribution is -2.41. The number of ether oxygens (including phenoxy) is 2. The second kappa shape index (κ2) is 8.20. The molecule has 2 aromatic heterocycles. The topological polar surface area (TPSA) is 69.0 Å². The first-order valence-corrected chi connectivity index (χ1v) is 10.2. The second-order valence-electron chi connectivity index (χ2n) is 7.30. The molecular weight excluding hydrogens is 392 g/mol. The molecule has 1 aliphatic rings. The minimum atomic E-state index is -0.0884. The van der Waals surface area contributed by atoms with Gasteiger partial charge in [0.15, 0.2) is 5.65 Å². The highest BCUT2D eigenvalue weighted by molar-refractivity contribution is 5.94. The van der Waals surface area contributed by atoms with Gasteiger partial charge in [-0.25, -0.2) is 9.50 Å². The molecule has 0 unspecified atom stereocenters. The van der Waals surface area contributed by atoms with Crippen molar-refractivity contribution in [3.05, 3.63) is 72.4 Å². The van der Waals surface area contributed by atoms with Crippen molar-refractivity contribution in [1.82, 2.24) is 19.5 Å². The third kappa shape index (κ3) is 3.64. The Morgan fingerprint density at radius 1 is 0.968 bits per heavy atom. The van der Waals surface area contributed by atoms with Crippen LogP contribution in [0.25, 0.3) is 28.2 Å². The third-order valence-electron chi connectivity index (χ3n) is 5.40. The lowest BCUT2D eigenvalue weighted by Gasteiger charge is -2.27. The molecule has 0 radical (unpaired) electrons. The molecule has 1 amide bonds. The number of amides is 1. The van der Waals surface area contributed by atoms with Gasteiger partial charge in [0.2, 0.25) is 0 Å². The summed E-state index contributed by atoms with van der Waals surface area (Å²) in [5.41, 5.74) is 4.30. The summed E-state index contributed by atoms with van der Waals surface area (Å²) in [6.45, 7) is 2.18. The van der Waals surface area contributed by atoms with Gasteiger partial charge in [-0.2, -0.15) is 5.10 Å². The zero-order valence-electron chi connectivity index (χ0n) is 17.2. The summed E-state index contributed by atoms with van der Waals surface area (Å²) in [6, 6.07) is 21.2. The Labute approximate surface area is 179 Å². The first-order valence-electron chi connectivity index (χ1n) is 10.2. The van der Waals surface area contributed by atoms with Crippen LogP contribution in [0.15, 0.2) is 66.7 Å².